The number of hydrogen-bond acceptors (Lipinski definition) is 6. The van der Waals surface area contributed by atoms with Gasteiger partial charge in [-0.2, -0.15) is 0 Å². The van der Waals surface area contributed by atoms with Gasteiger partial charge >= 0.3 is 93.8 Å². The summed E-state index contributed by atoms with van der Waals surface area (Å²) in [5.41, 5.74) is 0. The summed E-state index contributed by atoms with van der Waals surface area (Å²) in [7, 11) is -7.26. The molecule has 0 aromatic rings. The van der Waals surface area contributed by atoms with E-state index in [2.05, 4.69) is 0 Å². The average Bonchev–Trinajstić information content (AvgIpc) is 1.25. The van der Waals surface area contributed by atoms with Crippen LogP contribution in [0.5, 0.6) is 0 Å². The Hall–Kier alpha value is 2.27. The van der Waals surface area contributed by atoms with E-state index in [1.165, 1.54) is 0 Å². The van der Waals surface area contributed by atoms with Gasteiger partial charge in [0.2, 0.25) is 0 Å². The van der Waals surface area contributed by atoms with Crippen LogP contribution in [0.25, 0.3) is 0 Å². The summed E-state index contributed by atoms with van der Waals surface area (Å²) in [4.78, 5) is 34.1. The number of hydrogen-bond donors (Lipinski definition) is 0. The van der Waals surface area contributed by atoms with E-state index in [4.69, 9.17) is 28.1 Å². The predicted molar refractivity (Wildman–Crippen MR) is 12.9 cm³/mol. The molecule has 0 heterocycles. The first kappa shape index (κ1) is 22.8. The molecule has 0 aliphatic carbocycles. The number of rotatable bonds is 0. The van der Waals surface area contributed by atoms with E-state index in [0.717, 1.165) is 0 Å². The van der Waals surface area contributed by atoms with Crippen LogP contribution in [-0.2, 0) is 8.92 Å². The summed E-state index contributed by atoms with van der Waals surface area (Å²) < 4.78 is 17.0. The Balaban J connectivity index is -0.0000000300. The third kappa shape index (κ3) is 171. The quantitative estimate of drug-likeness (QED) is 0.307. The van der Waals surface area contributed by atoms with E-state index in [9.17, 15) is 0 Å². The summed E-state index contributed by atoms with van der Waals surface area (Å²) in [6.45, 7) is 0. The van der Waals surface area contributed by atoms with Crippen LogP contribution in [0.1, 0.15) is 0 Å². The summed E-state index contributed by atoms with van der Waals surface area (Å²) in [6.07, 6.45) is 0. The first-order chi connectivity index (χ1) is 3.46. The molecule has 10 heavy (non-hydrogen) atoms. The Bertz CT molecular complexity index is 71.7. The van der Waals surface area contributed by atoms with Crippen LogP contribution in [-0.4, -0.2) is 18.3 Å². The van der Waals surface area contributed by atoms with Gasteiger partial charge in [0, 0.05) is 18.3 Å². The molecule has 72 valence electrons. The maximum Gasteiger partial charge on any atom is 2.00 e. The monoisotopic (exact) mass is 500 g/mol. The molecule has 0 fully saturated rings. The van der Waals surface area contributed by atoms with Crippen molar-refractivity contribution in [1.29, 1.82) is 0 Å². The minimum Gasteiger partial charge on any atom is -0.672 e. The molecule has 0 spiro atoms. The van der Waals surface area contributed by atoms with Crippen molar-refractivity contribution < 1.29 is 122 Å². The topological polar surface area (TPSA) is 126 Å². The Morgan fingerprint density at radius 1 is 0.700 bits per heavy atom. The van der Waals surface area contributed by atoms with Crippen molar-refractivity contribution in [3.05, 3.63) is 0 Å². The second-order valence-corrected chi connectivity index (χ2v) is 1.50. The van der Waals surface area contributed by atoms with Crippen LogP contribution in [0, 0.1) is 93.8 Å². The fourth-order valence-electron chi connectivity index (χ4n) is 0. The van der Waals surface area contributed by atoms with Gasteiger partial charge in [0.1, 0.15) is 0 Å². The van der Waals surface area contributed by atoms with Crippen molar-refractivity contribution in [1.82, 2.24) is 0 Å². The van der Waals surface area contributed by atoms with E-state index in [1.807, 2.05) is 0 Å². The van der Waals surface area contributed by atoms with Crippen molar-refractivity contribution in [3.63, 3.8) is 0 Å². The molecule has 0 aliphatic rings. The molecule has 0 aromatic carbocycles. The van der Waals surface area contributed by atoms with Gasteiger partial charge < -0.3 is 28.1 Å². The first-order valence-corrected chi connectivity index (χ1v) is 3.67. The zero-order valence-electron chi connectivity index (χ0n) is 3.98. The van der Waals surface area contributed by atoms with Crippen molar-refractivity contribution in [3.8, 4) is 0 Å². The van der Waals surface area contributed by atoms with E-state index in [0.29, 0.717) is 0 Å². The van der Waals surface area contributed by atoms with E-state index >= 15 is 0 Å². The largest absolute Gasteiger partial charge is 2.00 e. The molecule has 10 heteroatoms. The van der Waals surface area contributed by atoms with Gasteiger partial charge in [-0.25, -0.2) is 0 Å². The van der Waals surface area contributed by atoms with Gasteiger partial charge in [0.05, 0.1) is 0 Å². The Morgan fingerprint density at radius 2 is 0.700 bits per heavy atom. The van der Waals surface area contributed by atoms with Crippen LogP contribution < -0.4 is 19.2 Å². The second-order valence-electron chi connectivity index (χ2n) is 0.500. The normalized spacial score (nSPS) is 4.80. The Kier molecular flexibility index (Phi) is 39.6. The minimum atomic E-state index is -3.63. The molecule has 0 saturated heterocycles. The minimum absolute atomic E-state index is 0. The molecule has 0 unspecified atom stereocenters. The smallest absolute Gasteiger partial charge is 0.672 e. The molecule has 0 aliphatic heterocycles. The van der Waals surface area contributed by atoms with Gasteiger partial charge in [-0.05, 0) is 0 Å². The molecule has 0 atom stereocenters. The van der Waals surface area contributed by atoms with E-state index < -0.39 is 18.3 Å². The molecule has 0 bridgehead atoms. The van der Waals surface area contributed by atoms with Gasteiger partial charge in [-0.1, -0.05) is 0 Å². The molecule has 0 aromatic heterocycles. The zero-order chi connectivity index (χ0) is 7.15. The Labute approximate surface area is 137 Å². The summed E-state index contributed by atoms with van der Waals surface area (Å²) in [5, 5.41) is 0. The average molecular weight is 498 g/mol. The fraction of sp³-hybridized carbons (Fsp3) is 0. The van der Waals surface area contributed by atoms with Crippen molar-refractivity contribution >= 4 is 18.3 Å². The van der Waals surface area contributed by atoms with Crippen molar-refractivity contribution in [2.24, 2.45) is 0 Å². The standard InChI is InChI=1S/2O3Si.2Yb/c2*1-4(2)3;;/q2*-2;2*+2. The summed E-state index contributed by atoms with van der Waals surface area (Å²) in [5.74, 6) is 0. The third-order valence-corrected chi connectivity index (χ3v) is 0. The predicted octanol–water partition coefficient (Wildman–Crippen LogP) is -5.76. The maximum atomic E-state index is 8.52. The summed E-state index contributed by atoms with van der Waals surface area (Å²) in [6, 6.07) is 0. The van der Waals surface area contributed by atoms with Crippen molar-refractivity contribution in [2.75, 3.05) is 0 Å². The van der Waals surface area contributed by atoms with Gasteiger partial charge in [0.15, 0.2) is 0 Å². The molecule has 0 saturated carbocycles. The first-order valence-electron chi connectivity index (χ1n) is 1.22. The van der Waals surface area contributed by atoms with E-state index in [1.54, 1.807) is 0 Å². The van der Waals surface area contributed by atoms with Gasteiger partial charge in [-0.3, -0.25) is 0 Å². The Morgan fingerprint density at radius 3 is 0.700 bits per heavy atom. The molecule has 0 amide bonds. The molecule has 0 radical (unpaired) electrons. The molecular formula is O6Si2Yb2. The third-order valence-electron chi connectivity index (χ3n) is 0. The fourth-order valence-corrected chi connectivity index (χ4v) is 0. The molecular weight excluding hydrogens is 498 g/mol. The van der Waals surface area contributed by atoms with Crippen LogP contribution in [0.4, 0.5) is 0 Å². The molecule has 0 N–H and O–H groups in total. The van der Waals surface area contributed by atoms with Crippen LogP contribution in [0.3, 0.4) is 0 Å². The molecule has 6 nitrogen and oxygen atoms in total. The van der Waals surface area contributed by atoms with Crippen molar-refractivity contribution in [2.45, 2.75) is 0 Å². The van der Waals surface area contributed by atoms with Gasteiger partial charge in [-0.15, -0.1) is 0 Å². The van der Waals surface area contributed by atoms with Crippen LogP contribution in [0.2, 0.25) is 0 Å². The van der Waals surface area contributed by atoms with E-state index in [-0.39, 0.29) is 93.8 Å². The molecule has 0 rings (SSSR count). The SMILES string of the molecule is O=[Si]([O-])[O-].O=[Si]([O-])[O-].[Yb+2].[Yb+2]. The summed E-state index contributed by atoms with van der Waals surface area (Å²) >= 11 is 0. The zero-order valence-corrected chi connectivity index (χ0v) is 9.41. The van der Waals surface area contributed by atoms with Crippen LogP contribution in [0.15, 0.2) is 0 Å². The maximum absolute atomic E-state index is 8.52. The second kappa shape index (κ2) is 17.4. The van der Waals surface area contributed by atoms with Crippen LogP contribution >= 0.6 is 0 Å². The van der Waals surface area contributed by atoms with Gasteiger partial charge in [0.25, 0.3) is 0 Å².